The van der Waals surface area contributed by atoms with Crippen molar-refractivity contribution in [3.8, 4) is 0 Å². The molecule has 7 heteroatoms. The smallest absolute Gasteiger partial charge is 0.323 e. The number of nitrogens with one attached hydrogen (secondary N) is 1. The fraction of sp³-hybridized carbons (Fsp3) is 0.417. The molecule has 1 aromatic rings. The van der Waals surface area contributed by atoms with Crippen LogP contribution in [0.4, 0.5) is 18.9 Å². The molecule has 1 fully saturated rings. The first-order valence-electron chi connectivity index (χ1n) is 5.70. The molecule has 0 radical (unpaired) electrons. The molecular formula is C12H12ClF3N2O. The zero-order valence-corrected chi connectivity index (χ0v) is 10.6. The number of hydrogen-bond donors (Lipinski definition) is 2. The van der Waals surface area contributed by atoms with E-state index >= 15 is 0 Å². The summed E-state index contributed by atoms with van der Waals surface area (Å²) in [4.78, 5) is 11.9. The summed E-state index contributed by atoms with van der Waals surface area (Å²) in [5.41, 5.74) is 3.28. The summed E-state index contributed by atoms with van der Waals surface area (Å²) in [7, 11) is 0. The molecule has 104 valence electrons. The zero-order valence-electron chi connectivity index (χ0n) is 9.85. The third-order valence-electron chi connectivity index (χ3n) is 3.26. The Morgan fingerprint density at radius 2 is 2.00 bits per heavy atom. The Bertz CT molecular complexity index is 512. The van der Waals surface area contributed by atoms with Crippen LogP contribution >= 0.6 is 11.6 Å². The molecular weight excluding hydrogens is 281 g/mol. The lowest BCUT2D eigenvalue weighted by atomic mass is 9.77. The van der Waals surface area contributed by atoms with Gasteiger partial charge in [0, 0.05) is 0 Å². The van der Waals surface area contributed by atoms with Crippen LogP contribution in [0.1, 0.15) is 24.8 Å². The van der Waals surface area contributed by atoms with Crippen LogP contribution in [0, 0.1) is 0 Å². The number of rotatable bonds is 2. The summed E-state index contributed by atoms with van der Waals surface area (Å²) in [5, 5.41) is 2.05. The summed E-state index contributed by atoms with van der Waals surface area (Å²) < 4.78 is 38.5. The second-order valence-corrected chi connectivity index (χ2v) is 5.03. The van der Waals surface area contributed by atoms with Gasteiger partial charge in [0.05, 0.1) is 21.8 Å². The number of carbonyl (C=O) groups is 1. The van der Waals surface area contributed by atoms with Crippen molar-refractivity contribution < 1.29 is 18.0 Å². The maximum atomic E-state index is 12.8. The standard InChI is InChI=1S/C12H12ClF3N2O/c13-8-4-1-3-7(12(14,15)16)9(8)18-10(19)11(17)5-2-6-11/h1,3-4H,2,5-6,17H2,(H,18,19). The molecule has 0 saturated heterocycles. The van der Waals surface area contributed by atoms with Gasteiger partial charge in [-0.05, 0) is 31.4 Å². The molecule has 1 aliphatic rings. The van der Waals surface area contributed by atoms with Crippen molar-refractivity contribution >= 4 is 23.2 Å². The first-order chi connectivity index (χ1) is 8.74. The molecule has 0 spiro atoms. The Kier molecular flexibility index (Phi) is 3.49. The Hall–Kier alpha value is -1.27. The van der Waals surface area contributed by atoms with Crippen molar-refractivity contribution in [2.45, 2.75) is 31.0 Å². The van der Waals surface area contributed by atoms with E-state index in [4.69, 9.17) is 17.3 Å². The van der Waals surface area contributed by atoms with E-state index in [-0.39, 0.29) is 5.02 Å². The fourth-order valence-corrected chi connectivity index (χ4v) is 2.13. The second kappa shape index (κ2) is 4.68. The van der Waals surface area contributed by atoms with Crippen molar-refractivity contribution in [1.82, 2.24) is 0 Å². The highest BCUT2D eigenvalue weighted by molar-refractivity contribution is 6.34. The van der Waals surface area contributed by atoms with Gasteiger partial charge in [-0.1, -0.05) is 17.7 Å². The maximum absolute atomic E-state index is 12.8. The van der Waals surface area contributed by atoms with Crippen LogP contribution in [0.2, 0.25) is 5.02 Å². The van der Waals surface area contributed by atoms with E-state index in [0.717, 1.165) is 12.5 Å². The van der Waals surface area contributed by atoms with Gasteiger partial charge in [-0.15, -0.1) is 0 Å². The Morgan fingerprint density at radius 1 is 1.37 bits per heavy atom. The third kappa shape index (κ3) is 2.69. The lowest BCUT2D eigenvalue weighted by molar-refractivity contribution is -0.137. The first kappa shape index (κ1) is 14.1. The molecule has 1 aromatic carbocycles. The van der Waals surface area contributed by atoms with Gasteiger partial charge in [-0.25, -0.2) is 0 Å². The number of halogens is 4. The lowest BCUT2D eigenvalue weighted by Crippen LogP contribution is -2.56. The summed E-state index contributed by atoms with van der Waals surface area (Å²) in [5.74, 6) is -0.627. The number of amides is 1. The summed E-state index contributed by atoms with van der Waals surface area (Å²) in [6.07, 6.45) is -2.87. The van der Waals surface area contributed by atoms with Crippen molar-refractivity contribution in [3.05, 3.63) is 28.8 Å². The molecule has 3 nitrogen and oxygen atoms in total. The predicted octanol–water partition coefficient (Wildman–Crippen LogP) is 3.18. The van der Waals surface area contributed by atoms with Crippen LogP contribution in [0.3, 0.4) is 0 Å². The van der Waals surface area contributed by atoms with E-state index < -0.39 is 28.9 Å². The molecule has 1 aliphatic carbocycles. The van der Waals surface area contributed by atoms with Gasteiger partial charge in [0.1, 0.15) is 0 Å². The quantitative estimate of drug-likeness (QED) is 0.879. The van der Waals surface area contributed by atoms with E-state index in [0.29, 0.717) is 12.8 Å². The first-order valence-corrected chi connectivity index (χ1v) is 6.08. The monoisotopic (exact) mass is 292 g/mol. The minimum atomic E-state index is -4.59. The summed E-state index contributed by atoms with van der Waals surface area (Å²) in [6, 6.07) is 3.34. The summed E-state index contributed by atoms with van der Waals surface area (Å²) in [6.45, 7) is 0. The average Bonchev–Trinajstić information content (AvgIpc) is 2.27. The normalized spacial score (nSPS) is 17.7. The van der Waals surface area contributed by atoms with Gasteiger partial charge in [0.25, 0.3) is 0 Å². The molecule has 0 unspecified atom stereocenters. The number of para-hydroxylation sites is 1. The molecule has 1 saturated carbocycles. The highest BCUT2D eigenvalue weighted by Crippen LogP contribution is 2.39. The van der Waals surface area contributed by atoms with E-state index in [1.807, 2.05) is 0 Å². The average molecular weight is 293 g/mol. The Balaban J connectivity index is 2.32. The topological polar surface area (TPSA) is 55.1 Å². The van der Waals surface area contributed by atoms with Gasteiger partial charge in [-0.2, -0.15) is 13.2 Å². The number of benzene rings is 1. The summed E-state index contributed by atoms with van der Waals surface area (Å²) >= 11 is 5.74. The molecule has 0 aromatic heterocycles. The van der Waals surface area contributed by atoms with Gasteiger partial charge < -0.3 is 11.1 Å². The van der Waals surface area contributed by atoms with Gasteiger partial charge in [0.2, 0.25) is 5.91 Å². The molecule has 1 amide bonds. The van der Waals surface area contributed by atoms with Crippen molar-refractivity contribution in [3.63, 3.8) is 0 Å². The van der Waals surface area contributed by atoms with Gasteiger partial charge >= 0.3 is 6.18 Å². The minimum Gasteiger partial charge on any atom is -0.323 e. The van der Waals surface area contributed by atoms with Crippen LogP contribution < -0.4 is 11.1 Å². The number of anilines is 1. The van der Waals surface area contributed by atoms with Crippen LogP contribution in [-0.4, -0.2) is 11.4 Å². The number of nitrogens with two attached hydrogens (primary N) is 1. The lowest BCUT2D eigenvalue weighted by Gasteiger charge is -2.36. The van der Waals surface area contributed by atoms with Crippen molar-refractivity contribution in [2.75, 3.05) is 5.32 Å². The zero-order chi connectivity index (χ0) is 14.3. The highest BCUT2D eigenvalue weighted by Gasteiger charge is 2.42. The van der Waals surface area contributed by atoms with Crippen LogP contribution in [0.15, 0.2) is 18.2 Å². The molecule has 0 heterocycles. The van der Waals surface area contributed by atoms with E-state index in [2.05, 4.69) is 5.32 Å². The Morgan fingerprint density at radius 3 is 2.47 bits per heavy atom. The highest BCUT2D eigenvalue weighted by atomic mass is 35.5. The fourth-order valence-electron chi connectivity index (χ4n) is 1.91. The van der Waals surface area contributed by atoms with Gasteiger partial charge in [-0.3, -0.25) is 4.79 Å². The number of carbonyl (C=O) groups excluding carboxylic acids is 1. The van der Waals surface area contributed by atoms with Gasteiger partial charge in [0.15, 0.2) is 0 Å². The SMILES string of the molecule is NC1(C(=O)Nc2c(Cl)cccc2C(F)(F)F)CCC1. The maximum Gasteiger partial charge on any atom is 0.418 e. The van der Waals surface area contributed by atoms with Crippen molar-refractivity contribution in [2.24, 2.45) is 5.73 Å². The molecule has 0 atom stereocenters. The largest absolute Gasteiger partial charge is 0.418 e. The molecule has 19 heavy (non-hydrogen) atoms. The third-order valence-corrected chi connectivity index (χ3v) is 3.57. The van der Waals surface area contributed by atoms with E-state index in [1.54, 1.807) is 0 Å². The predicted molar refractivity (Wildman–Crippen MR) is 65.9 cm³/mol. The van der Waals surface area contributed by atoms with Crippen LogP contribution in [-0.2, 0) is 11.0 Å². The number of alkyl halides is 3. The van der Waals surface area contributed by atoms with E-state index in [1.165, 1.54) is 12.1 Å². The van der Waals surface area contributed by atoms with E-state index in [9.17, 15) is 18.0 Å². The molecule has 3 N–H and O–H groups in total. The molecule has 2 rings (SSSR count). The molecule has 0 bridgehead atoms. The van der Waals surface area contributed by atoms with Crippen LogP contribution in [0.5, 0.6) is 0 Å². The van der Waals surface area contributed by atoms with Crippen molar-refractivity contribution in [1.29, 1.82) is 0 Å². The second-order valence-electron chi connectivity index (χ2n) is 4.62. The molecule has 0 aliphatic heterocycles. The van der Waals surface area contributed by atoms with Crippen LogP contribution in [0.25, 0.3) is 0 Å². The Labute approximate surface area is 112 Å². The number of hydrogen-bond acceptors (Lipinski definition) is 2. The minimum absolute atomic E-state index is 0.161.